The number of ether oxygens (including phenoxy) is 1. The van der Waals surface area contributed by atoms with Gasteiger partial charge in [-0.05, 0) is 43.7 Å². The van der Waals surface area contributed by atoms with E-state index in [0.29, 0.717) is 0 Å². The maximum absolute atomic E-state index is 13.2. The molecule has 4 aliphatic rings. The van der Waals surface area contributed by atoms with E-state index in [1.54, 1.807) is 12.4 Å². The number of fused-ring (bicyclic) bond motifs is 1. The van der Waals surface area contributed by atoms with Gasteiger partial charge in [-0.25, -0.2) is 0 Å². The molecule has 3 unspecified atom stereocenters. The van der Waals surface area contributed by atoms with E-state index in [9.17, 15) is 18.0 Å². The Labute approximate surface area is 144 Å². The largest absolute Gasteiger partial charge is 0.416 e. The molecule has 4 fully saturated rings. The Bertz CT molecular complexity index is 662. The summed E-state index contributed by atoms with van der Waals surface area (Å²) in [6, 6.07) is 2.84. The molecule has 1 saturated heterocycles. The van der Waals surface area contributed by atoms with Gasteiger partial charge in [0, 0.05) is 24.4 Å². The summed E-state index contributed by atoms with van der Waals surface area (Å²) in [6.07, 6.45) is -0.0942. The lowest BCUT2D eigenvalue weighted by molar-refractivity contribution is -0.251. The first-order valence-corrected chi connectivity index (χ1v) is 8.74. The summed E-state index contributed by atoms with van der Waals surface area (Å²) in [4.78, 5) is 18.8. The Morgan fingerprint density at radius 3 is 2.88 bits per heavy atom. The van der Waals surface area contributed by atoms with Crippen LogP contribution in [-0.2, 0) is 14.9 Å². The van der Waals surface area contributed by atoms with E-state index in [1.165, 1.54) is 11.8 Å². The minimum Gasteiger partial charge on any atom is -0.365 e. The van der Waals surface area contributed by atoms with Crippen molar-refractivity contribution >= 4 is 5.91 Å². The zero-order valence-corrected chi connectivity index (χ0v) is 14.0. The minimum atomic E-state index is -4.46. The van der Waals surface area contributed by atoms with Crippen LogP contribution in [0.2, 0.25) is 0 Å². The summed E-state index contributed by atoms with van der Waals surface area (Å²) in [5.74, 6) is -0.110. The molecule has 25 heavy (non-hydrogen) atoms. The van der Waals surface area contributed by atoms with Gasteiger partial charge in [-0.1, -0.05) is 6.07 Å². The number of rotatable bonds is 2. The molecule has 1 aromatic rings. The first kappa shape index (κ1) is 16.8. The van der Waals surface area contributed by atoms with E-state index >= 15 is 0 Å². The molecule has 7 heteroatoms. The van der Waals surface area contributed by atoms with E-state index in [4.69, 9.17) is 4.74 Å². The van der Waals surface area contributed by atoms with Gasteiger partial charge in [-0.15, -0.1) is 0 Å². The second-order valence-corrected chi connectivity index (χ2v) is 7.48. The molecule has 5 rings (SSSR count). The van der Waals surface area contributed by atoms with Crippen LogP contribution in [-0.4, -0.2) is 47.3 Å². The Balaban J connectivity index is 1.59. The van der Waals surface area contributed by atoms with Gasteiger partial charge in [0.25, 0.3) is 0 Å². The van der Waals surface area contributed by atoms with Crippen LogP contribution in [0.4, 0.5) is 13.2 Å². The highest BCUT2D eigenvalue weighted by Crippen LogP contribution is 2.64. The van der Waals surface area contributed by atoms with Crippen LogP contribution in [0.1, 0.15) is 31.7 Å². The van der Waals surface area contributed by atoms with Gasteiger partial charge in [0.15, 0.2) is 6.10 Å². The molecule has 2 bridgehead atoms. The molecule has 0 radical (unpaired) electrons. The lowest BCUT2D eigenvalue weighted by atomic mass is 9.56. The fourth-order valence-corrected chi connectivity index (χ4v) is 5.15. The third kappa shape index (κ3) is 2.46. The molecule has 0 spiro atoms. The molecule has 3 aliphatic carbocycles. The topological polar surface area (TPSA) is 42.4 Å². The maximum Gasteiger partial charge on any atom is 0.416 e. The number of hydrogen-bond donors (Lipinski definition) is 0. The monoisotopic (exact) mass is 354 g/mol. The smallest absolute Gasteiger partial charge is 0.365 e. The molecular formula is C18H21F3N2O2. The lowest BCUT2D eigenvalue weighted by Crippen LogP contribution is -2.62. The lowest BCUT2D eigenvalue weighted by Gasteiger charge is -2.50. The number of carbonyl (C=O) groups excluding carboxylic acids is 1. The van der Waals surface area contributed by atoms with Crippen LogP contribution in [0.15, 0.2) is 24.5 Å². The number of aromatic nitrogens is 1. The summed E-state index contributed by atoms with van der Waals surface area (Å²) < 4.78 is 44.4. The molecule has 1 aliphatic heterocycles. The molecule has 4 nitrogen and oxygen atoms in total. The van der Waals surface area contributed by atoms with Crippen LogP contribution in [0, 0.1) is 11.8 Å². The molecule has 5 atom stereocenters. The summed E-state index contributed by atoms with van der Waals surface area (Å²) in [7, 11) is 0. The average molecular weight is 354 g/mol. The van der Waals surface area contributed by atoms with Crippen molar-refractivity contribution in [2.24, 2.45) is 11.8 Å². The van der Waals surface area contributed by atoms with Crippen LogP contribution in [0.3, 0.4) is 0 Å². The second-order valence-electron chi connectivity index (χ2n) is 7.48. The number of halogens is 3. The van der Waals surface area contributed by atoms with Crippen molar-refractivity contribution < 1.29 is 22.7 Å². The maximum atomic E-state index is 13.2. The fraction of sp³-hybridized carbons (Fsp3) is 0.667. The highest BCUT2D eigenvalue weighted by Gasteiger charge is 2.64. The number of morpholine rings is 1. The molecule has 136 valence electrons. The first-order chi connectivity index (χ1) is 11.8. The van der Waals surface area contributed by atoms with Gasteiger partial charge in [0.1, 0.15) is 0 Å². The second kappa shape index (κ2) is 5.69. The zero-order valence-electron chi connectivity index (χ0n) is 14.0. The van der Waals surface area contributed by atoms with Gasteiger partial charge >= 0.3 is 6.18 Å². The van der Waals surface area contributed by atoms with Crippen LogP contribution in [0.5, 0.6) is 0 Å². The Kier molecular flexibility index (Phi) is 3.83. The van der Waals surface area contributed by atoms with Gasteiger partial charge < -0.3 is 9.64 Å². The van der Waals surface area contributed by atoms with Crippen molar-refractivity contribution in [1.29, 1.82) is 0 Å². The quantitative estimate of drug-likeness (QED) is 0.820. The fourth-order valence-electron chi connectivity index (χ4n) is 5.15. The molecule has 1 amide bonds. The van der Waals surface area contributed by atoms with Crippen molar-refractivity contribution in [2.75, 3.05) is 13.2 Å². The van der Waals surface area contributed by atoms with Crippen molar-refractivity contribution in [3.05, 3.63) is 30.1 Å². The normalized spacial score (nSPS) is 37.7. The van der Waals surface area contributed by atoms with Gasteiger partial charge in [0.2, 0.25) is 5.91 Å². The predicted octanol–water partition coefficient (Wildman–Crippen LogP) is 2.93. The number of hydrogen-bond acceptors (Lipinski definition) is 3. The van der Waals surface area contributed by atoms with Crippen molar-refractivity contribution in [3.63, 3.8) is 0 Å². The number of pyridine rings is 1. The summed E-state index contributed by atoms with van der Waals surface area (Å²) >= 11 is 0. The SMILES string of the molecule is C[C@@H]1[C@H](C(F)(F)F)OCCN1C(=O)C1C2CCC1(c1cccnc1)C2. The number of carbonyl (C=O) groups is 1. The van der Waals surface area contributed by atoms with Crippen LogP contribution >= 0.6 is 0 Å². The van der Waals surface area contributed by atoms with E-state index in [1.807, 2.05) is 12.1 Å². The molecule has 1 aromatic heterocycles. The van der Waals surface area contributed by atoms with Crippen LogP contribution < -0.4 is 0 Å². The number of nitrogens with zero attached hydrogens (tertiary/aromatic N) is 2. The van der Waals surface area contributed by atoms with Gasteiger partial charge in [-0.3, -0.25) is 9.78 Å². The zero-order chi connectivity index (χ0) is 17.8. The number of amides is 1. The Hall–Kier alpha value is -1.63. The van der Waals surface area contributed by atoms with Gasteiger partial charge in [-0.2, -0.15) is 13.2 Å². The molecule has 0 N–H and O–H groups in total. The highest BCUT2D eigenvalue weighted by atomic mass is 19.4. The molecule has 3 saturated carbocycles. The van der Waals surface area contributed by atoms with Crippen LogP contribution in [0.25, 0.3) is 0 Å². The Morgan fingerprint density at radius 1 is 1.44 bits per heavy atom. The van der Waals surface area contributed by atoms with E-state index in [-0.39, 0.29) is 36.3 Å². The first-order valence-electron chi connectivity index (χ1n) is 8.74. The molecule has 0 aromatic carbocycles. The summed E-state index contributed by atoms with van der Waals surface area (Å²) in [5.41, 5.74) is 0.789. The third-order valence-corrected chi connectivity index (χ3v) is 6.32. The third-order valence-electron chi connectivity index (χ3n) is 6.32. The van der Waals surface area contributed by atoms with Crippen molar-refractivity contribution in [3.8, 4) is 0 Å². The molecular weight excluding hydrogens is 333 g/mol. The highest BCUT2D eigenvalue weighted by molar-refractivity contribution is 5.83. The Morgan fingerprint density at radius 2 is 2.24 bits per heavy atom. The summed E-state index contributed by atoms with van der Waals surface area (Å²) in [6.45, 7) is 1.59. The van der Waals surface area contributed by atoms with E-state index < -0.39 is 18.3 Å². The van der Waals surface area contributed by atoms with E-state index in [2.05, 4.69) is 4.98 Å². The van der Waals surface area contributed by atoms with Crippen molar-refractivity contribution in [2.45, 2.75) is 49.9 Å². The van der Waals surface area contributed by atoms with Crippen molar-refractivity contribution in [1.82, 2.24) is 9.88 Å². The van der Waals surface area contributed by atoms with E-state index in [0.717, 1.165) is 24.8 Å². The standard InChI is InChI=1S/C18H21F3N2O2/c1-11-15(18(19,20)21)25-8-7-23(11)16(24)14-12-4-5-17(14,9-12)13-3-2-6-22-10-13/h2-3,6,10-12,14-15H,4-5,7-9H2,1H3/t11-,12?,14?,15-,17?/m1/s1. The predicted molar refractivity (Wildman–Crippen MR) is 83.7 cm³/mol. The summed E-state index contributed by atoms with van der Waals surface area (Å²) in [5, 5.41) is 0. The minimum absolute atomic E-state index is 0.0719. The average Bonchev–Trinajstić information content (AvgIpc) is 3.15. The van der Waals surface area contributed by atoms with Gasteiger partial charge in [0.05, 0.1) is 18.6 Å². The molecule has 2 heterocycles. The number of alkyl halides is 3.